The molecule has 3 rings (SSSR count). The van der Waals surface area contributed by atoms with Crippen molar-refractivity contribution in [2.45, 2.75) is 32.1 Å². The van der Waals surface area contributed by atoms with Crippen LogP contribution in [0.15, 0.2) is 12.1 Å². The number of likely N-dealkylation sites (tertiary alicyclic amines) is 1. The zero-order valence-corrected chi connectivity index (χ0v) is 15.7. The lowest BCUT2D eigenvalue weighted by Gasteiger charge is -2.34. The van der Waals surface area contributed by atoms with E-state index in [0.717, 1.165) is 19.3 Å². The average Bonchev–Trinajstić information content (AvgIpc) is 3.09. The molecule has 1 aromatic carbocycles. The summed E-state index contributed by atoms with van der Waals surface area (Å²) < 4.78 is 40.7. The Balaban J connectivity index is 0.00000261. The number of nitrogens with two attached hydrogens (primary N) is 1. The summed E-state index contributed by atoms with van der Waals surface area (Å²) in [5.41, 5.74) is 5.06. The van der Waals surface area contributed by atoms with Gasteiger partial charge in [0.1, 0.15) is 17.5 Å². The second-order valence-electron chi connectivity index (χ2n) is 7.24. The number of carbonyl (C=O) groups excluding carboxylic acids is 2. The fourth-order valence-corrected chi connectivity index (χ4v) is 4.22. The van der Waals surface area contributed by atoms with Crippen molar-refractivity contribution in [2.75, 3.05) is 19.6 Å². The first-order valence-electron chi connectivity index (χ1n) is 9.10. The molecule has 1 aliphatic carbocycles. The number of carbonyl (C=O) groups is 2. The second-order valence-corrected chi connectivity index (χ2v) is 7.24. The van der Waals surface area contributed by atoms with Crippen LogP contribution in [0.1, 0.15) is 42.5 Å². The van der Waals surface area contributed by atoms with Crippen LogP contribution in [-0.2, 0) is 4.79 Å². The van der Waals surface area contributed by atoms with Gasteiger partial charge in [0, 0.05) is 37.1 Å². The first-order chi connectivity index (χ1) is 12.4. The first-order valence-corrected chi connectivity index (χ1v) is 9.10. The van der Waals surface area contributed by atoms with Crippen LogP contribution in [-0.4, -0.2) is 36.2 Å². The molecule has 2 atom stereocenters. The standard InChI is InChI=1S/C19H23F3N2O2.ClH/c20-13-8-15(21)17(16(22)9-13)18(25)11-4-6-24(7-5-11)19(26)14-3-1-2-12(14)10-23;/h8-9,11-12,14H,1-7,10,23H2;1H/t12-,14-;/m1./s1. The van der Waals surface area contributed by atoms with E-state index in [4.69, 9.17) is 5.73 Å². The van der Waals surface area contributed by atoms with Gasteiger partial charge in [-0.1, -0.05) is 6.42 Å². The summed E-state index contributed by atoms with van der Waals surface area (Å²) >= 11 is 0. The minimum atomic E-state index is -1.18. The number of halogens is 4. The molecule has 1 saturated carbocycles. The van der Waals surface area contributed by atoms with Gasteiger partial charge < -0.3 is 10.6 Å². The average molecular weight is 405 g/mol. The van der Waals surface area contributed by atoms with Gasteiger partial charge in [-0.05, 0) is 38.1 Å². The third-order valence-electron chi connectivity index (χ3n) is 5.71. The molecular formula is C19H24ClF3N2O2. The van der Waals surface area contributed by atoms with Crippen molar-refractivity contribution in [3.8, 4) is 0 Å². The van der Waals surface area contributed by atoms with Crippen molar-refractivity contribution >= 4 is 24.1 Å². The van der Waals surface area contributed by atoms with Crippen molar-refractivity contribution in [2.24, 2.45) is 23.5 Å². The Bertz CT molecular complexity index is 685. The van der Waals surface area contributed by atoms with Gasteiger partial charge in [0.25, 0.3) is 0 Å². The van der Waals surface area contributed by atoms with E-state index in [2.05, 4.69) is 0 Å². The van der Waals surface area contributed by atoms with E-state index >= 15 is 0 Å². The molecule has 2 N–H and O–H groups in total. The molecule has 2 aliphatic rings. The Labute approximate surface area is 162 Å². The molecular weight excluding hydrogens is 381 g/mol. The lowest BCUT2D eigenvalue weighted by molar-refractivity contribution is -0.137. The predicted octanol–water partition coefficient (Wildman–Crippen LogP) is 3.32. The molecule has 1 heterocycles. The van der Waals surface area contributed by atoms with E-state index in [1.807, 2.05) is 0 Å². The third kappa shape index (κ3) is 4.46. The molecule has 150 valence electrons. The maximum atomic E-state index is 13.8. The normalized spacial score (nSPS) is 23.2. The molecule has 0 aromatic heterocycles. The highest BCUT2D eigenvalue weighted by Gasteiger charge is 2.37. The van der Waals surface area contributed by atoms with Gasteiger partial charge in [-0.15, -0.1) is 12.4 Å². The molecule has 2 fully saturated rings. The number of Topliss-reactive ketones (excluding diaryl/α,β-unsaturated/α-hetero) is 1. The zero-order valence-electron chi connectivity index (χ0n) is 14.9. The van der Waals surface area contributed by atoms with Crippen LogP contribution in [0.3, 0.4) is 0 Å². The Kier molecular flexibility index (Phi) is 7.28. The monoisotopic (exact) mass is 404 g/mol. The maximum Gasteiger partial charge on any atom is 0.226 e. The Morgan fingerprint density at radius 2 is 1.63 bits per heavy atom. The Morgan fingerprint density at radius 1 is 1.04 bits per heavy atom. The summed E-state index contributed by atoms with van der Waals surface area (Å²) in [6.07, 6.45) is 3.49. The topological polar surface area (TPSA) is 63.4 Å². The van der Waals surface area contributed by atoms with Crippen molar-refractivity contribution in [1.29, 1.82) is 0 Å². The molecule has 4 nitrogen and oxygen atoms in total. The van der Waals surface area contributed by atoms with Gasteiger partial charge in [-0.2, -0.15) is 0 Å². The van der Waals surface area contributed by atoms with Crippen LogP contribution in [0, 0.1) is 35.2 Å². The lowest BCUT2D eigenvalue weighted by Crippen LogP contribution is -2.44. The third-order valence-corrected chi connectivity index (χ3v) is 5.71. The second kappa shape index (κ2) is 9.06. The number of benzene rings is 1. The van der Waals surface area contributed by atoms with Crippen LogP contribution in [0.5, 0.6) is 0 Å². The quantitative estimate of drug-likeness (QED) is 0.783. The SMILES string of the molecule is Cl.NC[C@H]1CCC[C@H]1C(=O)N1CCC(C(=O)c2c(F)cc(F)cc2F)CC1. The summed E-state index contributed by atoms with van der Waals surface area (Å²) in [5, 5.41) is 0. The van der Waals surface area contributed by atoms with Gasteiger partial charge in [0.2, 0.25) is 5.91 Å². The van der Waals surface area contributed by atoms with Gasteiger partial charge in [0.05, 0.1) is 5.56 Å². The smallest absolute Gasteiger partial charge is 0.226 e. The largest absolute Gasteiger partial charge is 0.342 e. The number of amides is 1. The minimum Gasteiger partial charge on any atom is -0.342 e. The van der Waals surface area contributed by atoms with Crippen molar-refractivity contribution in [3.05, 3.63) is 35.1 Å². The minimum absolute atomic E-state index is 0. The Morgan fingerprint density at radius 3 is 2.19 bits per heavy atom. The summed E-state index contributed by atoms with van der Waals surface area (Å²) in [6, 6.07) is 1.03. The highest BCUT2D eigenvalue weighted by molar-refractivity contribution is 5.98. The van der Waals surface area contributed by atoms with Gasteiger partial charge in [-0.3, -0.25) is 9.59 Å². The molecule has 27 heavy (non-hydrogen) atoms. The van der Waals surface area contributed by atoms with Crippen molar-refractivity contribution < 1.29 is 22.8 Å². The van der Waals surface area contributed by atoms with E-state index in [1.54, 1.807) is 4.90 Å². The van der Waals surface area contributed by atoms with Crippen LogP contribution < -0.4 is 5.73 Å². The zero-order chi connectivity index (χ0) is 18.8. The maximum absolute atomic E-state index is 13.8. The number of piperidine rings is 1. The summed E-state index contributed by atoms with van der Waals surface area (Å²) in [5.74, 6) is -4.41. The number of ketones is 1. The van der Waals surface area contributed by atoms with Crippen LogP contribution in [0.25, 0.3) is 0 Å². The molecule has 1 amide bonds. The van der Waals surface area contributed by atoms with Crippen molar-refractivity contribution in [3.63, 3.8) is 0 Å². The number of rotatable bonds is 4. The van der Waals surface area contributed by atoms with Crippen LogP contribution in [0.4, 0.5) is 13.2 Å². The van der Waals surface area contributed by atoms with Crippen LogP contribution >= 0.6 is 12.4 Å². The highest BCUT2D eigenvalue weighted by atomic mass is 35.5. The first kappa shape index (κ1) is 21.7. The Hall–Kier alpha value is -1.60. The summed E-state index contributed by atoms with van der Waals surface area (Å²) in [6.45, 7) is 1.26. The van der Waals surface area contributed by atoms with Gasteiger partial charge >= 0.3 is 0 Å². The lowest BCUT2D eigenvalue weighted by atomic mass is 9.87. The summed E-state index contributed by atoms with van der Waals surface area (Å²) in [7, 11) is 0. The van der Waals surface area contributed by atoms with Gasteiger partial charge in [-0.25, -0.2) is 13.2 Å². The van der Waals surface area contributed by atoms with Gasteiger partial charge in [0.15, 0.2) is 5.78 Å². The molecule has 1 saturated heterocycles. The van der Waals surface area contributed by atoms with Crippen LogP contribution in [0.2, 0.25) is 0 Å². The molecule has 0 bridgehead atoms. The number of hydrogen-bond donors (Lipinski definition) is 1. The number of nitrogens with zero attached hydrogens (tertiary/aromatic N) is 1. The summed E-state index contributed by atoms with van der Waals surface area (Å²) in [4.78, 5) is 26.9. The fourth-order valence-electron chi connectivity index (χ4n) is 4.22. The van der Waals surface area contributed by atoms with Crippen molar-refractivity contribution in [1.82, 2.24) is 4.90 Å². The molecule has 1 aliphatic heterocycles. The van der Waals surface area contributed by atoms with E-state index in [1.165, 1.54) is 0 Å². The molecule has 8 heteroatoms. The van der Waals surface area contributed by atoms with E-state index in [9.17, 15) is 22.8 Å². The molecule has 0 radical (unpaired) electrons. The molecule has 1 aromatic rings. The predicted molar refractivity (Wildman–Crippen MR) is 97.1 cm³/mol. The number of hydrogen-bond acceptors (Lipinski definition) is 3. The van der Waals surface area contributed by atoms with E-state index in [0.29, 0.717) is 44.6 Å². The molecule has 0 unspecified atom stereocenters. The molecule has 0 spiro atoms. The van der Waals surface area contributed by atoms with E-state index < -0.39 is 34.7 Å². The highest BCUT2D eigenvalue weighted by Crippen LogP contribution is 2.34. The van der Waals surface area contributed by atoms with E-state index in [-0.39, 0.29) is 30.2 Å². The fraction of sp³-hybridized carbons (Fsp3) is 0.579.